The van der Waals surface area contributed by atoms with Crippen LogP contribution in [0.1, 0.15) is 21.7 Å². The summed E-state index contributed by atoms with van der Waals surface area (Å²) in [6, 6.07) is 5.41. The highest BCUT2D eigenvalue weighted by atomic mass is 16.4. The van der Waals surface area contributed by atoms with Gasteiger partial charge in [0.25, 0.3) is 0 Å². The minimum atomic E-state index is -1.11. The van der Waals surface area contributed by atoms with Crippen molar-refractivity contribution >= 4 is 11.8 Å². The van der Waals surface area contributed by atoms with Crippen LogP contribution in [0.4, 0.5) is 5.82 Å². The molecule has 2 rings (SSSR count). The van der Waals surface area contributed by atoms with Crippen molar-refractivity contribution in [2.75, 3.05) is 11.9 Å². The molecule has 102 valence electrons. The van der Waals surface area contributed by atoms with E-state index < -0.39 is 5.97 Å². The van der Waals surface area contributed by atoms with Gasteiger partial charge in [0.15, 0.2) is 5.69 Å². The van der Waals surface area contributed by atoms with E-state index in [1.165, 1.54) is 10.9 Å². The average Bonchev–Trinajstić information content (AvgIpc) is 2.87. The van der Waals surface area contributed by atoms with E-state index in [-0.39, 0.29) is 5.69 Å². The van der Waals surface area contributed by atoms with Crippen molar-refractivity contribution in [3.8, 4) is 6.07 Å². The fraction of sp³-hybridized carbons (Fsp3) is 0.250. The van der Waals surface area contributed by atoms with E-state index in [2.05, 4.69) is 26.7 Å². The van der Waals surface area contributed by atoms with Gasteiger partial charge in [0, 0.05) is 12.2 Å². The zero-order valence-corrected chi connectivity index (χ0v) is 10.7. The van der Waals surface area contributed by atoms with Gasteiger partial charge in [-0.1, -0.05) is 5.21 Å². The zero-order chi connectivity index (χ0) is 14.5. The lowest BCUT2D eigenvalue weighted by atomic mass is 10.2. The van der Waals surface area contributed by atoms with Gasteiger partial charge in [-0.3, -0.25) is 0 Å². The van der Waals surface area contributed by atoms with Crippen LogP contribution in [-0.4, -0.2) is 37.6 Å². The molecule has 8 nitrogen and oxygen atoms in total. The van der Waals surface area contributed by atoms with Crippen LogP contribution in [0.25, 0.3) is 0 Å². The molecule has 0 aliphatic rings. The second kappa shape index (κ2) is 5.79. The van der Waals surface area contributed by atoms with Crippen LogP contribution in [0.15, 0.2) is 18.3 Å². The van der Waals surface area contributed by atoms with Crippen molar-refractivity contribution in [3.05, 3.63) is 35.3 Å². The number of carboxylic acids is 1. The van der Waals surface area contributed by atoms with Crippen molar-refractivity contribution in [1.82, 2.24) is 20.0 Å². The number of carboxylic acid groups (broad SMARTS) is 1. The Kier molecular flexibility index (Phi) is 3.91. The van der Waals surface area contributed by atoms with E-state index in [9.17, 15) is 4.79 Å². The molecule has 0 aliphatic heterocycles. The second-order valence-electron chi connectivity index (χ2n) is 4.09. The Bertz CT molecular complexity index is 673. The zero-order valence-electron chi connectivity index (χ0n) is 10.7. The van der Waals surface area contributed by atoms with E-state index in [0.29, 0.717) is 24.5 Å². The van der Waals surface area contributed by atoms with Crippen LogP contribution < -0.4 is 5.32 Å². The first-order valence-electron chi connectivity index (χ1n) is 5.84. The number of nitrogens with one attached hydrogen (secondary N) is 1. The molecule has 8 heteroatoms. The summed E-state index contributed by atoms with van der Waals surface area (Å²) in [7, 11) is 0. The molecule has 0 unspecified atom stereocenters. The number of aryl methyl sites for hydroxylation is 1. The molecule has 0 saturated heterocycles. The van der Waals surface area contributed by atoms with Crippen molar-refractivity contribution in [2.45, 2.75) is 13.5 Å². The average molecular weight is 272 g/mol. The summed E-state index contributed by atoms with van der Waals surface area (Å²) in [5, 5.41) is 27.8. The molecule has 0 spiro atoms. The molecule has 0 aliphatic carbocycles. The monoisotopic (exact) mass is 272 g/mol. The summed E-state index contributed by atoms with van der Waals surface area (Å²) in [6.07, 6.45) is 1.36. The smallest absolute Gasteiger partial charge is 0.358 e. The Labute approximate surface area is 114 Å². The number of rotatable bonds is 5. The lowest BCUT2D eigenvalue weighted by Gasteiger charge is -2.06. The molecule has 2 heterocycles. The maximum atomic E-state index is 10.6. The van der Waals surface area contributed by atoms with Crippen LogP contribution in [-0.2, 0) is 6.54 Å². The lowest BCUT2D eigenvalue weighted by molar-refractivity contribution is 0.0690. The van der Waals surface area contributed by atoms with Crippen LogP contribution >= 0.6 is 0 Å². The first kappa shape index (κ1) is 13.5. The van der Waals surface area contributed by atoms with Crippen LogP contribution in [0.5, 0.6) is 0 Å². The molecule has 0 amide bonds. The Morgan fingerprint density at radius 1 is 1.55 bits per heavy atom. The number of anilines is 1. The summed E-state index contributed by atoms with van der Waals surface area (Å²) in [5.74, 6) is -0.511. The first-order valence-corrected chi connectivity index (χ1v) is 5.84. The third kappa shape index (κ3) is 3.29. The van der Waals surface area contributed by atoms with Crippen molar-refractivity contribution in [3.63, 3.8) is 0 Å². The largest absolute Gasteiger partial charge is 0.476 e. The predicted octanol–water partition coefficient (Wildman–Crippen LogP) is 0.663. The number of nitrogens with zero attached hydrogens (tertiary/aromatic N) is 5. The lowest BCUT2D eigenvalue weighted by Crippen LogP contribution is -2.12. The van der Waals surface area contributed by atoms with E-state index in [1.54, 1.807) is 12.1 Å². The predicted molar refractivity (Wildman–Crippen MR) is 69.2 cm³/mol. The quantitative estimate of drug-likeness (QED) is 0.821. The molecule has 0 atom stereocenters. The molecule has 2 aromatic heterocycles. The highest BCUT2D eigenvalue weighted by Crippen LogP contribution is 2.08. The van der Waals surface area contributed by atoms with E-state index in [4.69, 9.17) is 10.4 Å². The fourth-order valence-electron chi connectivity index (χ4n) is 1.63. The Balaban J connectivity index is 1.94. The molecule has 20 heavy (non-hydrogen) atoms. The molecule has 0 radical (unpaired) electrons. The van der Waals surface area contributed by atoms with Crippen molar-refractivity contribution in [2.24, 2.45) is 0 Å². The number of aromatic nitrogens is 4. The molecule has 0 bridgehead atoms. The molecular formula is C12H12N6O2. The third-order valence-electron chi connectivity index (χ3n) is 2.49. The molecule has 0 fully saturated rings. The van der Waals surface area contributed by atoms with Gasteiger partial charge in [-0.2, -0.15) is 5.26 Å². The van der Waals surface area contributed by atoms with Crippen LogP contribution in [0.3, 0.4) is 0 Å². The molecular weight excluding hydrogens is 260 g/mol. The summed E-state index contributed by atoms with van der Waals surface area (Å²) < 4.78 is 1.43. The van der Waals surface area contributed by atoms with Gasteiger partial charge in [0.05, 0.1) is 24.4 Å². The normalized spacial score (nSPS) is 10.0. The number of hydrogen-bond donors (Lipinski definition) is 2. The summed E-state index contributed by atoms with van der Waals surface area (Å²) in [5.41, 5.74) is 1.19. The van der Waals surface area contributed by atoms with Crippen LogP contribution in [0.2, 0.25) is 0 Å². The van der Waals surface area contributed by atoms with Gasteiger partial charge in [-0.05, 0) is 19.1 Å². The number of pyridine rings is 1. The number of carbonyl (C=O) groups is 1. The highest BCUT2D eigenvalue weighted by Gasteiger charge is 2.07. The first-order chi connectivity index (χ1) is 9.58. The number of nitriles is 1. The van der Waals surface area contributed by atoms with E-state index in [0.717, 1.165) is 5.69 Å². The molecule has 0 saturated carbocycles. The Hall–Kier alpha value is -2.95. The molecule has 2 N–H and O–H groups in total. The summed E-state index contributed by atoms with van der Waals surface area (Å²) >= 11 is 0. The highest BCUT2D eigenvalue weighted by molar-refractivity contribution is 5.84. The van der Waals surface area contributed by atoms with Crippen LogP contribution in [0, 0.1) is 18.3 Å². The minimum absolute atomic E-state index is 0.0922. The third-order valence-corrected chi connectivity index (χ3v) is 2.49. The fourth-order valence-corrected chi connectivity index (χ4v) is 1.63. The Morgan fingerprint density at radius 2 is 2.35 bits per heavy atom. The SMILES string of the molecule is Cc1cc(C#N)cc(NCCn2cc(C(=O)O)nn2)n1. The van der Waals surface area contributed by atoms with Gasteiger partial charge in [0.1, 0.15) is 5.82 Å². The molecule has 0 aromatic carbocycles. The maximum Gasteiger partial charge on any atom is 0.358 e. The topological polar surface area (TPSA) is 117 Å². The van der Waals surface area contributed by atoms with Gasteiger partial charge in [-0.15, -0.1) is 5.10 Å². The van der Waals surface area contributed by atoms with Crippen molar-refractivity contribution in [1.29, 1.82) is 5.26 Å². The van der Waals surface area contributed by atoms with Gasteiger partial charge < -0.3 is 10.4 Å². The van der Waals surface area contributed by atoms with Gasteiger partial charge >= 0.3 is 5.97 Å². The number of hydrogen-bond acceptors (Lipinski definition) is 6. The molecule has 2 aromatic rings. The van der Waals surface area contributed by atoms with E-state index in [1.807, 2.05) is 6.92 Å². The number of aromatic carboxylic acids is 1. The maximum absolute atomic E-state index is 10.6. The Morgan fingerprint density at radius 3 is 3.00 bits per heavy atom. The second-order valence-corrected chi connectivity index (χ2v) is 4.09. The minimum Gasteiger partial charge on any atom is -0.476 e. The van der Waals surface area contributed by atoms with Gasteiger partial charge in [0.2, 0.25) is 0 Å². The summed E-state index contributed by atoms with van der Waals surface area (Å²) in [6.45, 7) is 2.74. The van der Waals surface area contributed by atoms with E-state index >= 15 is 0 Å². The van der Waals surface area contributed by atoms with Gasteiger partial charge in [-0.25, -0.2) is 14.5 Å². The standard InChI is InChI=1S/C12H12N6O2/c1-8-4-9(6-13)5-11(15-8)14-2-3-18-7-10(12(19)20)16-17-18/h4-5,7H,2-3H2,1H3,(H,14,15)(H,19,20). The van der Waals surface area contributed by atoms with Crippen molar-refractivity contribution < 1.29 is 9.90 Å². The summed E-state index contributed by atoms with van der Waals surface area (Å²) in [4.78, 5) is 14.9.